The van der Waals surface area contributed by atoms with E-state index in [1.54, 1.807) is 12.4 Å². The van der Waals surface area contributed by atoms with Gasteiger partial charge in [0.1, 0.15) is 5.84 Å². The minimum Gasteiger partial charge on any atom is -0.359 e. The summed E-state index contributed by atoms with van der Waals surface area (Å²) in [6.07, 6.45) is 3.55. The summed E-state index contributed by atoms with van der Waals surface area (Å²) in [6.45, 7) is 0. The second-order valence-corrected chi connectivity index (χ2v) is 13.0. The van der Waals surface area contributed by atoms with Gasteiger partial charge in [0.05, 0.1) is 11.7 Å². The molecule has 1 aliphatic heterocycles. The Balaban J connectivity index is 1.16. The minimum atomic E-state index is -0.0743. The van der Waals surface area contributed by atoms with Crippen LogP contribution < -0.4 is 5.32 Å². The molecule has 0 fully saturated rings. The summed E-state index contributed by atoms with van der Waals surface area (Å²) < 4.78 is 0. The Labute approximate surface area is 303 Å². The van der Waals surface area contributed by atoms with Crippen molar-refractivity contribution in [2.75, 3.05) is 0 Å². The summed E-state index contributed by atoms with van der Waals surface area (Å²) in [5.41, 5.74) is 14.5. The average molecular weight is 667 g/mol. The number of nitrogens with one attached hydrogen (secondary N) is 1. The molecule has 8 aromatic rings. The highest BCUT2D eigenvalue weighted by atomic mass is 15.1. The molecule has 246 valence electrons. The van der Waals surface area contributed by atoms with Gasteiger partial charge in [0.2, 0.25) is 0 Å². The first kappa shape index (κ1) is 31.1. The molecule has 4 nitrogen and oxygen atoms in total. The lowest BCUT2D eigenvalue weighted by Gasteiger charge is -2.29. The van der Waals surface area contributed by atoms with E-state index in [1.807, 2.05) is 6.07 Å². The third kappa shape index (κ3) is 6.30. The number of benzene rings is 7. The van der Waals surface area contributed by atoms with Gasteiger partial charge in [-0.05, 0) is 86.5 Å². The van der Waals surface area contributed by atoms with Crippen LogP contribution in [0.2, 0.25) is 0 Å². The molecule has 0 aliphatic carbocycles. The lowest BCUT2D eigenvalue weighted by molar-refractivity contribution is 0.750. The maximum absolute atomic E-state index is 5.29. The summed E-state index contributed by atoms with van der Waals surface area (Å²) in [7, 11) is 0. The molecule has 0 saturated carbocycles. The van der Waals surface area contributed by atoms with Crippen LogP contribution >= 0.6 is 0 Å². The molecule has 9 rings (SSSR count). The first-order valence-electron chi connectivity index (χ1n) is 17.5. The smallest absolute Gasteiger partial charge is 0.159 e. The highest BCUT2D eigenvalue weighted by Gasteiger charge is 2.25. The molecule has 1 atom stereocenters. The van der Waals surface area contributed by atoms with Crippen LogP contribution in [0.15, 0.2) is 199 Å². The molecule has 0 bridgehead atoms. The number of nitrogens with zero attached hydrogens (tertiary/aromatic N) is 3. The van der Waals surface area contributed by atoms with E-state index in [4.69, 9.17) is 4.99 Å². The molecule has 0 spiro atoms. The van der Waals surface area contributed by atoms with E-state index < -0.39 is 0 Å². The van der Waals surface area contributed by atoms with Crippen LogP contribution in [0.3, 0.4) is 0 Å². The van der Waals surface area contributed by atoms with Crippen molar-refractivity contribution in [3.8, 4) is 55.9 Å². The Morgan fingerprint density at radius 2 is 0.827 bits per heavy atom. The average Bonchev–Trinajstić information content (AvgIpc) is 3.24. The summed E-state index contributed by atoms with van der Waals surface area (Å²) in [6, 6.07) is 64.1. The van der Waals surface area contributed by atoms with Gasteiger partial charge < -0.3 is 5.32 Å². The summed E-state index contributed by atoms with van der Waals surface area (Å²) >= 11 is 0. The quantitative estimate of drug-likeness (QED) is 0.184. The molecule has 1 N–H and O–H groups in total. The first-order chi connectivity index (χ1) is 25.7. The highest BCUT2D eigenvalue weighted by Crippen LogP contribution is 2.39. The normalized spacial score (nSPS) is 13.5. The van der Waals surface area contributed by atoms with E-state index in [-0.39, 0.29) is 6.04 Å². The van der Waals surface area contributed by atoms with Crippen LogP contribution in [-0.4, -0.2) is 15.8 Å². The van der Waals surface area contributed by atoms with E-state index in [0.717, 1.165) is 50.5 Å². The number of amidine groups is 1. The van der Waals surface area contributed by atoms with Gasteiger partial charge >= 0.3 is 0 Å². The Hall–Kier alpha value is -6.91. The fourth-order valence-corrected chi connectivity index (χ4v) is 6.96. The molecule has 2 heterocycles. The summed E-state index contributed by atoms with van der Waals surface area (Å²) in [5, 5.41) is 3.87. The number of hydrogen-bond donors (Lipinski definition) is 1. The Bertz CT molecular complexity index is 2390. The second-order valence-electron chi connectivity index (χ2n) is 13.0. The zero-order valence-corrected chi connectivity index (χ0v) is 28.4. The molecular formula is C48H34N4. The number of fused-ring (bicyclic) bond motifs is 1. The maximum atomic E-state index is 5.29. The molecule has 0 amide bonds. The Morgan fingerprint density at radius 3 is 1.42 bits per heavy atom. The third-order valence-electron chi connectivity index (χ3n) is 9.67. The van der Waals surface area contributed by atoms with Crippen LogP contribution in [0.25, 0.3) is 55.9 Å². The lowest BCUT2D eigenvalue weighted by Crippen LogP contribution is -2.32. The van der Waals surface area contributed by atoms with Gasteiger partial charge in [0, 0.05) is 29.1 Å². The van der Waals surface area contributed by atoms with Crippen molar-refractivity contribution >= 4 is 11.5 Å². The van der Waals surface area contributed by atoms with Crippen molar-refractivity contribution in [1.29, 1.82) is 0 Å². The van der Waals surface area contributed by atoms with Gasteiger partial charge in [-0.1, -0.05) is 146 Å². The molecule has 52 heavy (non-hydrogen) atoms. The van der Waals surface area contributed by atoms with Crippen molar-refractivity contribution in [3.63, 3.8) is 0 Å². The van der Waals surface area contributed by atoms with Crippen molar-refractivity contribution in [2.24, 2.45) is 4.99 Å². The van der Waals surface area contributed by atoms with Gasteiger partial charge in [0.25, 0.3) is 0 Å². The van der Waals surface area contributed by atoms with Crippen LogP contribution in [0.5, 0.6) is 0 Å². The predicted octanol–water partition coefficient (Wildman–Crippen LogP) is 11.6. The van der Waals surface area contributed by atoms with E-state index in [2.05, 4.69) is 191 Å². The Kier molecular flexibility index (Phi) is 8.24. The van der Waals surface area contributed by atoms with E-state index in [9.17, 15) is 0 Å². The molecule has 7 aromatic carbocycles. The molecule has 0 saturated heterocycles. The second kappa shape index (κ2) is 13.8. The highest BCUT2D eigenvalue weighted by molar-refractivity contribution is 6.04. The maximum Gasteiger partial charge on any atom is 0.159 e. The SMILES string of the molecule is c1ccc(-c2ccc(-c3cc(C4=Nc5ccc(-c6ccccc6)cc5C(c5ccccc5)N4)cc(-c4ccc(-c5ncccn5)cc4)c3)cc2)cc1. The van der Waals surface area contributed by atoms with E-state index in [0.29, 0.717) is 5.82 Å². The van der Waals surface area contributed by atoms with Crippen LogP contribution in [0.4, 0.5) is 5.69 Å². The zero-order chi connectivity index (χ0) is 34.7. The van der Waals surface area contributed by atoms with Crippen LogP contribution in [0, 0.1) is 0 Å². The number of hydrogen-bond acceptors (Lipinski definition) is 4. The largest absolute Gasteiger partial charge is 0.359 e. The lowest BCUT2D eigenvalue weighted by atomic mass is 9.90. The molecule has 1 aromatic heterocycles. The van der Waals surface area contributed by atoms with Gasteiger partial charge in [-0.15, -0.1) is 0 Å². The van der Waals surface area contributed by atoms with Crippen molar-refractivity contribution in [3.05, 3.63) is 211 Å². The summed E-state index contributed by atoms with van der Waals surface area (Å²) in [5.74, 6) is 1.55. The monoisotopic (exact) mass is 666 g/mol. The van der Waals surface area contributed by atoms with Crippen LogP contribution in [0.1, 0.15) is 22.7 Å². The minimum absolute atomic E-state index is 0.0743. The van der Waals surface area contributed by atoms with Crippen molar-refractivity contribution < 1.29 is 0 Å². The van der Waals surface area contributed by atoms with Gasteiger partial charge in [-0.2, -0.15) is 0 Å². The van der Waals surface area contributed by atoms with Gasteiger partial charge in [0.15, 0.2) is 5.82 Å². The van der Waals surface area contributed by atoms with Crippen LogP contribution in [-0.2, 0) is 0 Å². The fourth-order valence-electron chi connectivity index (χ4n) is 6.96. The topological polar surface area (TPSA) is 50.2 Å². The Morgan fingerprint density at radius 1 is 0.365 bits per heavy atom. The van der Waals surface area contributed by atoms with Crippen molar-refractivity contribution in [2.45, 2.75) is 6.04 Å². The zero-order valence-electron chi connectivity index (χ0n) is 28.4. The molecule has 4 heteroatoms. The number of aliphatic imine (C=N–C) groups is 1. The number of aromatic nitrogens is 2. The molecular weight excluding hydrogens is 633 g/mol. The standard InChI is InChI=1S/C48H34N4/c1-4-11-33(12-5-1)35-17-19-36(20-18-35)41-29-42(37-21-23-39(24-22-37)47-49-27-10-28-50-47)31-43(30-41)48-51-45-26-25-40(34-13-6-2-7-14-34)32-44(45)46(52-48)38-15-8-3-9-16-38/h1-32,46H,(H,51,52). The van der Waals surface area contributed by atoms with Crippen molar-refractivity contribution in [1.82, 2.24) is 15.3 Å². The summed E-state index contributed by atoms with van der Waals surface area (Å²) in [4.78, 5) is 14.2. The van der Waals surface area contributed by atoms with E-state index >= 15 is 0 Å². The fraction of sp³-hybridized carbons (Fsp3) is 0.0208. The molecule has 0 radical (unpaired) electrons. The van der Waals surface area contributed by atoms with Gasteiger partial charge in [-0.3, -0.25) is 0 Å². The first-order valence-corrected chi connectivity index (χ1v) is 17.5. The predicted molar refractivity (Wildman–Crippen MR) is 213 cm³/mol. The van der Waals surface area contributed by atoms with Gasteiger partial charge in [-0.25, -0.2) is 15.0 Å². The molecule has 1 unspecified atom stereocenters. The van der Waals surface area contributed by atoms with E-state index in [1.165, 1.54) is 27.8 Å². The molecule has 1 aliphatic rings. The number of rotatable bonds is 7. The third-order valence-corrected chi connectivity index (χ3v) is 9.67.